The second-order valence-electron chi connectivity index (χ2n) is 8.00. The maximum absolute atomic E-state index is 9.44. The number of fused-ring (bicyclic) bond motifs is 1. The van der Waals surface area contributed by atoms with Crippen LogP contribution >= 0.6 is 0 Å². The number of aromatic nitrogens is 2. The van der Waals surface area contributed by atoms with Crippen LogP contribution in [0.1, 0.15) is 82.8 Å². The molecule has 1 aliphatic heterocycles. The molecule has 1 atom stereocenters. The summed E-state index contributed by atoms with van der Waals surface area (Å²) in [5, 5.41) is 13.7. The number of benzene rings is 1. The van der Waals surface area contributed by atoms with E-state index >= 15 is 0 Å². The number of nitriles is 1. The molecule has 1 aliphatic rings. The molecule has 4 nitrogen and oxygen atoms in total. The van der Waals surface area contributed by atoms with E-state index in [1.807, 2.05) is 25.5 Å². The van der Waals surface area contributed by atoms with Crippen molar-refractivity contribution in [1.82, 2.24) is 9.78 Å². The van der Waals surface area contributed by atoms with E-state index in [2.05, 4.69) is 50.0 Å². The van der Waals surface area contributed by atoms with Crippen LogP contribution in [-0.4, -0.2) is 23.4 Å². The van der Waals surface area contributed by atoms with Gasteiger partial charge in [-0.2, -0.15) is 10.4 Å². The minimum atomic E-state index is 0.532. The van der Waals surface area contributed by atoms with Crippen LogP contribution in [-0.2, 0) is 7.05 Å². The SMILES string of the molecule is CC1CCN(C)c2cc(C#N)c(-c3cnn(C)c3)cc21.CCCCCCCC. The maximum Gasteiger partial charge on any atom is 0.0998 e. The van der Waals surface area contributed by atoms with Crippen LogP contribution in [0.2, 0.25) is 0 Å². The Kier molecular flexibility index (Phi) is 8.57. The van der Waals surface area contributed by atoms with Gasteiger partial charge in [0, 0.05) is 43.7 Å². The maximum atomic E-state index is 9.44. The van der Waals surface area contributed by atoms with Gasteiger partial charge in [0.2, 0.25) is 0 Å². The largest absolute Gasteiger partial charge is 0.374 e. The number of hydrogen-bond donors (Lipinski definition) is 0. The summed E-state index contributed by atoms with van der Waals surface area (Å²) < 4.78 is 1.77. The Morgan fingerprint density at radius 1 is 1.11 bits per heavy atom. The third-order valence-electron chi connectivity index (χ3n) is 5.60. The summed E-state index contributed by atoms with van der Waals surface area (Å²) in [4.78, 5) is 2.24. The molecule has 0 fully saturated rings. The van der Waals surface area contributed by atoms with Crippen LogP contribution in [0.4, 0.5) is 5.69 Å². The van der Waals surface area contributed by atoms with Gasteiger partial charge in [-0.05, 0) is 30.0 Å². The van der Waals surface area contributed by atoms with Crippen molar-refractivity contribution < 1.29 is 0 Å². The lowest BCUT2D eigenvalue weighted by molar-refractivity contribution is 0.624. The van der Waals surface area contributed by atoms with E-state index in [-0.39, 0.29) is 0 Å². The lowest BCUT2D eigenvalue weighted by atomic mass is 9.87. The summed E-state index contributed by atoms with van der Waals surface area (Å²) in [5.74, 6) is 0.532. The average Bonchev–Trinajstić information content (AvgIpc) is 3.14. The van der Waals surface area contributed by atoms with Gasteiger partial charge in [0.15, 0.2) is 0 Å². The molecule has 4 heteroatoms. The molecule has 0 spiro atoms. The Labute approximate surface area is 171 Å². The Morgan fingerprint density at radius 2 is 1.79 bits per heavy atom. The number of nitrogens with zero attached hydrogens (tertiary/aromatic N) is 4. The minimum Gasteiger partial charge on any atom is -0.374 e. The van der Waals surface area contributed by atoms with Crippen molar-refractivity contribution in [1.29, 1.82) is 5.26 Å². The van der Waals surface area contributed by atoms with Gasteiger partial charge in [-0.3, -0.25) is 4.68 Å². The fourth-order valence-electron chi connectivity index (χ4n) is 3.74. The van der Waals surface area contributed by atoms with Crippen molar-refractivity contribution in [3.05, 3.63) is 35.7 Å². The van der Waals surface area contributed by atoms with E-state index in [4.69, 9.17) is 0 Å². The molecule has 0 saturated heterocycles. The first kappa shape index (κ1) is 22.0. The van der Waals surface area contributed by atoms with Gasteiger partial charge in [-0.1, -0.05) is 59.3 Å². The van der Waals surface area contributed by atoms with Crippen LogP contribution in [0, 0.1) is 11.3 Å². The Bertz CT molecular complexity index is 778. The van der Waals surface area contributed by atoms with E-state index in [0.717, 1.165) is 29.7 Å². The molecule has 152 valence electrons. The zero-order valence-electron chi connectivity index (χ0n) is 18.3. The van der Waals surface area contributed by atoms with Crippen molar-refractivity contribution >= 4 is 5.69 Å². The Morgan fingerprint density at radius 3 is 2.32 bits per heavy atom. The quantitative estimate of drug-likeness (QED) is 0.555. The zero-order valence-corrected chi connectivity index (χ0v) is 18.3. The monoisotopic (exact) mass is 380 g/mol. The fourth-order valence-corrected chi connectivity index (χ4v) is 3.74. The molecule has 0 amide bonds. The van der Waals surface area contributed by atoms with Gasteiger partial charge in [0.1, 0.15) is 0 Å². The number of unbranched alkanes of at least 4 members (excludes halogenated alkanes) is 5. The predicted molar refractivity (Wildman–Crippen MR) is 119 cm³/mol. The number of aryl methyl sites for hydroxylation is 1. The average molecular weight is 381 g/mol. The number of hydrogen-bond acceptors (Lipinski definition) is 3. The highest BCUT2D eigenvalue weighted by atomic mass is 15.2. The minimum absolute atomic E-state index is 0.532. The normalized spacial score (nSPS) is 15.4. The highest BCUT2D eigenvalue weighted by Gasteiger charge is 2.22. The summed E-state index contributed by atoms with van der Waals surface area (Å²) in [6.07, 6.45) is 13.4. The van der Waals surface area contributed by atoms with Crippen molar-refractivity contribution in [3.63, 3.8) is 0 Å². The molecule has 2 heterocycles. The molecule has 0 radical (unpaired) electrons. The summed E-state index contributed by atoms with van der Waals surface area (Å²) in [5.41, 5.74) is 5.23. The molecule has 0 saturated carbocycles. The molecule has 0 N–H and O–H groups in total. The van der Waals surface area contributed by atoms with Crippen molar-refractivity contribution in [2.45, 2.75) is 71.6 Å². The van der Waals surface area contributed by atoms with Crippen LogP contribution < -0.4 is 4.90 Å². The first-order valence-corrected chi connectivity index (χ1v) is 10.8. The molecule has 28 heavy (non-hydrogen) atoms. The van der Waals surface area contributed by atoms with Crippen LogP contribution in [0.5, 0.6) is 0 Å². The van der Waals surface area contributed by atoms with Crippen LogP contribution in [0.25, 0.3) is 11.1 Å². The van der Waals surface area contributed by atoms with Crippen molar-refractivity contribution in [3.8, 4) is 17.2 Å². The Balaban J connectivity index is 0.000000300. The van der Waals surface area contributed by atoms with Gasteiger partial charge in [0.05, 0.1) is 17.8 Å². The molecule has 0 aliphatic carbocycles. The van der Waals surface area contributed by atoms with E-state index in [0.29, 0.717) is 5.92 Å². The molecule has 1 aromatic carbocycles. The van der Waals surface area contributed by atoms with Gasteiger partial charge in [-0.15, -0.1) is 0 Å². The van der Waals surface area contributed by atoms with E-state index in [1.165, 1.54) is 49.8 Å². The van der Waals surface area contributed by atoms with Crippen LogP contribution in [0.15, 0.2) is 24.5 Å². The summed E-state index contributed by atoms with van der Waals surface area (Å²) >= 11 is 0. The molecule has 3 rings (SSSR count). The van der Waals surface area contributed by atoms with Gasteiger partial charge < -0.3 is 4.90 Å². The third-order valence-corrected chi connectivity index (χ3v) is 5.60. The van der Waals surface area contributed by atoms with E-state index in [1.54, 1.807) is 4.68 Å². The summed E-state index contributed by atoms with van der Waals surface area (Å²) in [7, 11) is 3.99. The lowest BCUT2D eigenvalue weighted by Crippen LogP contribution is -2.26. The molecule has 0 bridgehead atoms. The second-order valence-corrected chi connectivity index (χ2v) is 8.00. The number of rotatable bonds is 6. The standard InChI is InChI=1S/C16H18N4.C8H18/c1-11-4-5-19(2)16-6-12(8-17)15(7-14(11)16)13-9-18-20(3)10-13;1-3-5-7-8-6-4-2/h6-7,9-11H,4-5H2,1-3H3;3-8H2,1-2H3. The van der Waals surface area contributed by atoms with Crippen molar-refractivity contribution in [2.75, 3.05) is 18.5 Å². The topological polar surface area (TPSA) is 44.9 Å². The summed E-state index contributed by atoms with van der Waals surface area (Å²) in [6.45, 7) is 7.81. The molecule has 1 unspecified atom stereocenters. The smallest absolute Gasteiger partial charge is 0.0998 e. The van der Waals surface area contributed by atoms with Crippen LogP contribution in [0.3, 0.4) is 0 Å². The molecular weight excluding hydrogens is 344 g/mol. The fraction of sp³-hybridized carbons (Fsp3) is 0.583. The third kappa shape index (κ3) is 5.61. The van der Waals surface area contributed by atoms with Gasteiger partial charge in [-0.25, -0.2) is 0 Å². The second kappa shape index (κ2) is 10.9. The first-order valence-electron chi connectivity index (χ1n) is 10.8. The highest BCUT2D eigenvalue weighted by Crippen LogP contribution is 2.38. The van der Waals surface area contributed by atoms with E-state index < -0.39 is 0 Å². The first-order chi connectivity index (χ1) is 13.5. The summed E-state index contributed by atoms with van der Waals surface area (Å²) in [6, 6.07) is 6.52. The lowest BCUT2D eigenvalue weighted by Gasteiger charge is -2.32. The predicted octanol–water partition coefficient (Wildman–Crippen LogP) is 6.27. The van der Waals surface area contributed by atoms with Gasteiger partial charge >= 0.3 is 0 Å². The molecular formula is C24H36N4. The Hall–Kier alpha value is -2.28. The highest BCUT2D eigenvalue weighted by molar-refractivity contribution is 5.76. The van der Waals surface area contributed by atoms with Crippen molar-refractivity contribution in [2.24, 2.45) is 7.05 Å². The molecule has 1 aromatic heterocycles. The molecule has 2 aromatic rings. The van der Waals surface area contributed by atoms with E-state index in [9.17, 15) is 5.26 Å². The zero-order chi connectivity index (χ0) is 20.5. The van der Waals surface area contributed by atoms with Gasteiger partial charge in [0.25, 0.3) is 0 Å². The number of anilines is 1.